The van der Waals surface area contributed by atoms with E-state index in [1.54, 1.807) is 13.1 Å². The topological polar surface area (TPSA) is 95.6 Å². The van der Waals surface area contributed by atoms with Gasteiger partial charge in [0.15, 0.2) is 0 Å². The first kappa shape index (κ1) is 17.1. The van der Waals surface area contributed by atoms with Crippen molar-refractivity contribution in [3.05, 3.63) is 30.3 Å². The molecule has 1 N–H and O–H groups in total. The molecule has 0 aliphatic carbocycles. The second-order valence-corrected chi connectivity index (χ2v) is 7.01. The van der Waals surface area contributed by atoms with Crippen molar-refractivity contribution < 1.29 is 14.4 Å². The number of nitrogens with zero attached hydrogens (tertiary/aromatic N) is 5. The molecule has 0 bridgehead atoms. The number of pyridine rings is 1. The normalized spacial score (nSPS) is 24.9. The molecule has 2 aliphatic heterocycles. The van der Waals surface area contributed by atoms with Gasteiger partial charge < -0.3 is 14.5 Å². The largest absolute Gasteiger partial charge is 0.392 e. The fraction of sp³-hybridized carbons (Fsp3) is 0.556. The smallest absolute Gasteiger partial charge is 0.244 e. The SMILES string of the molecule is CC(=O)N1CCC(N2CC(O)CC2c2nc(-c3ccccn3)no2)CC1. The quantitative estimate of drug-likeness (QED) is 0.883. The molecular formula is C18H23N5O3. The van der Waals surface area contributed by atoms with Gasteiger partial charge in [-0.3, -0.25) is 14.7 Å². The van der Waals surface area contributed by atoms with Gasteiger partial charge in [0.25, 0.3) is 0 Å². The Balaban J connectivity index is 1.50. The second kappa shape index (κ2) is 7.13. The molecule has 2 atom stereocenters. The Morgan fingerprint density at radius 2 is 2.12 bits per heavy atom. The number of aliphatic hydroxyl groups is 1. The monoisotopic (exact) mass is 357 g/mol. The zero-order valence-corrected chi connectivity index (χ0v) is 14.8. The van der Waals surface area contributed by atoms with E-state index in [0.717, 1.165) is 25.9 Å². The molecule has 4 heterocycles. The molecule has 8 nitrogen and oxygen atoms in total. The van der Waals surface area contributed by atoms with Crippen LogP contribution in [-0.4, -0.2) is 67.7 Å². The summed E-state index contributed by atoms with van der Waals surface area (Å²) in [5.41, 5.74) is 0.669. The molecule has 0 saturated carbocycles. The van der Waals surface area contributed by atoms with Crippen molar-refractivity contribution in [1.82, 2.24) is 24.9 Å². The highest BCUT2D eigenvalue weighted by Gasteiger charge is 2.40. The van der Waals surface area contributed by atoms with Crippen LogP contribution in [0.5, 0.6) is 0 Å². The third kappa shape index (κ3) is 3.34. The van der Waals surface area contributed by atoms with Crippen molar-refractivity contribution >= 4 is 5.91 Å². The summed E-state index contributed by atoms with van der Waals surface area (Å²) in [4.78, 5) is 24.5. The number of hydrogen-bond donors (Lipinski definition) is 1. The number of piperidine rings is 1. The van der Waals surface area contributed by atoms with E-state index >= 15 is 0 Å². The minimum Gasteiger partial charge on any atom is -0.392 e. The fourth-order valence-electron chi connectivity index (χ4n) is 3.97. The summed E-state index contributed by atoms with van der Waals surface area (Å²) < 4.78 is 5.51. The summed E-state index contributed by atoms with van der Waals surface area (Å²) in [6, 6.07) is 5.77. The molecule has 4 rings (SSSR count). The van der Waals surface area contributed by atoms with Gasteiger partial charge in [-0.2, -0.15) is 4.98 Å². The lowest BCUT2D eigenvalue weighted by Gasteiger charge is -2.38. The van der Waals surface area contributed by atoms with Crippen LogP contribution in [0.4, 0.5) is 0 Å². The standard InChI is InChI=1S/C18H23N5O3/c1-12(24)22-8-5-13(6-9-22)23-11-14(25)10-16(23)18-20-17(21-26-18)15-4-2-3-7-19-15/h2-4,7,13-14,16,25H,5-6,8-11H2,1H3. The molecule has 0 aromatic carbocycles. The lowest BCUT2D eigenvalue weighted by Crippen LogP contribution is -2.46. The second-order valence-electron chi connectivity index (χ2n) is 7.01. The Morgan fingerprint density at radius 3 is 2.81 bits per heavy atom. The van der Waals surface area contributed by atoms with Crippen LogP contribution >= 0.6 is 0 Å². The van der Waals surface area contributed by atoms with Crippen LogP contribution in [0.2, 0.25) is 0 Å². The zero-order chi connectivity index (χ0) is 18.1. The summed E-state index contributed by atoms with van der Waals surface area (Å²) in [6.07, 6.45) is 3.65. The van der Waals surface area contributed by atoms with Gasteiger partial charge >= 0.3 is 0 Å². The third-order valence-electron chi connectivity index (χ3n) is 5.32. The highest BCUT2D eigenvalue weighted by Crippen LogP contribution is 2.36. The van der Waals surface area contributed by atoms with Crippen molar-refractivity contribution in [1.29, 1.82) is 0 Å². The molecule has 1 amide bonds. The van der Waals surface area contributed by atoms with Gasteiger partial charge in [-0.25, -0.2) is 0 Å². The van der Waals surface area contributed by atoms with Crippen LogP contribution in [0.25, 0.3) is 11.5 Å². The molecule has 2 unspecified atom stereocenters. The summed E-state index contributed by atoms with van der Waals surface area (Å²) in [7, 11) is 0. The van der Waals surface area contributed by atoms with Gasteiger partial charge in [-0.1, -0.05) is 11.2 Å². The Labute approximate surface area is 151 Å². The highest BCUT2D eigenvalue weighted by molar-refractivity contribution is 5.73. The van der Waals surface area contributed by atoms with Crippen molar-refractivity contribution in [2.45, 2.75) is 44.4 Å². The first-order chi connectivity index (χ1) is 12.6. The van der Waals surface area contributed by atoms with E-state index in [-0.39, 0.29) is 11.9 Å². The molecule has 8 heteroatoms. The van der Waals surface area contributed by atoms with Gasteiger partial charge in [0, 0.05) is 38.8 Å². The molecule has 0 radical (unpaired) electrons. The molecule has 2 aromatic rings. The number of carbonyl (C=O) groups is 1. The maximum Gasteiger partial charge on any atom is 0.244 e. The molecule has 0 spiro atoms. The minimum absolute atomic E-state index is 0.0937. The number of rotatable bonds is 3. The van der Waals surface area contributed by atoms with E-state index in [2.05, 4.69) is 20.0 Å². The third-order valence-corrected chi connectivity index (χ3v) is 5.32. The number of amides is 1. The van der Waals surface area contributed by atoms with Gasteiger partial charge in [-0.05, 0) is 31.4 Å². The Kier molecular flexibility index (Phi) is 4.69. The van der Waals surface area contributed by atoms with E-state index in [9.17, 15) is 9.90 Å². The summed E-state index contributed by atoms with van der Waals surface area (Å²) in [6.45, 7) is 3.71. The number of aliphatic hydroxyl groups excluding tert-OH is 1. The number of carbonyl (C=O) groups excluding carboxylic acids is 1. The zero-order valence-electron chi connectivity index (χ0n) is 14.8. The van der Waals surface area contributed by atoms with Gasteiger partial charge in [0.05, 0.1) is 12.1 Å². The Hall–Kier alpha value is -2.32. The maximum absolute atomic E-state index is 11.5. The lowest BCUT2D eigenvalue weighted by atomic mass is 10.0. The number of aromatic nitrogens is 3. The fourth-order valence-corrected chi connectivity index (χ4v) is 3.97. The number of β-amino-alcohol motifs (C(OH)–C–C–N with tert-alkyl or cyclic N) is 1. The average molecular weight is 357 g/mol. The number of hydrogen-bond acceptors (Lipinski definition) is 7. The first-order valence-electron chi connectivity index (χ1n) is 9.06. The molecular weight excluding hydrogens is 334 g/mol. The van der Waals surface area contributed by atoms with E-state index in [1.165, 1.54) is 0 Å². The summed E-state index contributed by atoms with van der Waals surface area (Å²) in [5.74, 6) is 1.11. The molecule has 2 fully saturated rings. The predicted octanol–water partition coefficient (Wildman–Crippen LogP) is 1.25. The predicted molar refractivity (Wildman–Crippen MR) is 92.9 cm³/mol. The molecule has 2 saturated heterocycles. The van der Waals surface area contributed by atoms with Crippen molar-refractivity contribution in [2.75, 3.05) is 19.6 Å². The van der Waals surface area contributed by atoms with Crippen LogP contribution in [0, 0.1) is 0 Å². The van der Waals surface area contributed by atoms with E-state index in [4.69, 9.17) is 4.52 Å². The van der Waals surface area contributed by atoms with Crippen LogP contribution in [0.1, 0.15) is 38.1 Å². The molecule has 2 aliphatic rings. The summed E-state index contributed by atoms with van der Waals surface area (Å²) in [5, 5.41) is 14.3. The van der Waals surface area contributed by atoms with E-state index in [0.29, 0.717) is 36.4 Å². The average Bonchev–Trinajstić information content (AvgIpc) is 3.29. The number of likely N-dealkylation sites (tertiary alicyclic amines) is 2. The maximum atomic E-state index is 11.5. The highest BCUT2D eigenvalue weighted by atomic mass is 16.5. The lowest BCUT2D eigenvalue weighted by molar-refractivity contribution is -0.130. The van der Waals surface area contributed by atoms with Crippen LogP contribution in [0.15, 0.2) is 28.9 Å². The molecule has 2 aromatic heterocycles. The first-order valence-corrected chi connectivity index (χ1v) is 9.06. The van der Waals surface area contributed by atoms with E-state index < -0.39 is 6.10 Å². The van der Waals surface area contributed by atoms with Gasteiger partial charge in [-0.15, -0.1) is 0 Å². The molecule has 138 valence electrons. The van der Waals surface area contributed by atoms with Crippen LogP contribution in [-0.2, 0) is 4.79 Å². The van der Waals surface area contributed by atoms with Crippen molar-refractivity contribution in [3.8, 4) is 11.5 Å². The van der Waals surface area contributed by atoms with Crippen molar-refractivity contribution in [2.24, 2.45) is 0 Å². The van der Waals surface area contributed by atoms with Crippen LogP contribution < -0.4 is 0 Å². The van der Waals surface area contributed by atoms with E-state index in [1.807, 2.05) is 23.1 Å². The van der Waals surface area contributed by atoms with Crippen molar-refractivity contribution in [3.63, 3.8) is 0 Å². The van der Waals surface area contributed by atoms with Gasteiger partial charge in [0.2, 0.25) is 17.6 Å². The Bertz CT molecular complexity index is 757. The molecule has 26 heavy (non-hydrogen) atoms. The van der Waals surface area contributed by atoms with Gasteiger partial charge in [0.1, 0.15) is 5.69 Å². The summed E-state index contributed by atoms with van der Waals surface area (Å²) >= 11 is 0. The minimum atomic E-state index is -0.406. The van der Waals surface area contributed by atoms with Crippen LogP contribution in [0.3, 0.4) is 0 Å². The Morgan fingerprint density at radius 1 is 1.31 bits per heavy atom.